The standard InChI is InChI=1S/C16H19NO/c1-3-17-12-6-7-13-10-11-16(18-2)15-9-5-4-8-14(13)15/h4-11,17H,3,12H2,1-2H3. The molecule has 0 saturated heterocycles. The van der Waals surface area contributed by atoms with E-state index < -0.39 is 0 Å². The smallest absolute Gasteiger partial charge is 0.126 e. The topological polar surface area (TPSA) is 21.3 Å². The first kappa shape index (κ1) is 12.7. The second-order valence-electron chi connectivity index (χ2n) is 4.11. The molecule has 0 aromatic heterocycles. The highest BCUT2D eigenvalue weighted by Crippen LogP contribution is 2.28. The molecule has 2 heteroatoms. The third-order valence-corrected chi connectivity index (χ3v) is 2.95. The molecule has 0 amide bonds. The first-order valence-electron chi connectivity index (χ1n) is 6.29. The lowest BCUT2D eigenvalue weighted by Gasteiger charge is -2.07. The zero-order valence-electron chi connectivity index (χ0n) is 10.9. The molecule has 0 spiro atoms. The maximum absolute atomic E-state index is 5.39. The van der Waals surface area contributed by atoms with Crippen LogP contribution < -0.4 is 10.1 Å². The number of ether oxygens (including phenoxy) is 1. The van der Waals surface area contributed by atoms with E-state index in [2.05, 4.69) is 48.7 Å². The maximum atomic E-state index is 5.39. The Morgan fingerprint density at radius 3 is 2.61 bits per heavy atom. The van der Waals surface area contributed by atoms with Crippen molar-refractivity contribution in [2.75, 3.05) is 20.2 Å². The second kappa shape index (κ2) is 6.22. The molecule has 0 aliphatic rings. The molecule has 2 nitrogen and oxygen atoms in total. The largest absolute Gasteiger partial charge is 0.496 e. The van der Waals surface area contributed by atoms with E-state index in [1.165, 1.54) is 10.9 Å². The van der Waals surface area contributed by atoms with Crippen LogP contribution in [0.1, 0.15) is 12.5 Å². The molecule has 0 heterocycles. The molecule has 0 unspecified atom stereocenters. The van der Waals surface area contributed by atoms with Crippen LogP contribution in [0.5, 0.6) is 5.75 Å². The summed E-state index contributed by atoms with van der Waals surface area (Å²) in [6.45, 7) is 4.00. The summed E-state index contributed by atoms with van der Waals surface area (Å²) in [6.07, 6.45) is 4.31. The highest BCUT2D eigenvalue weighted by atomic mass is 16.5. The summed E-state index contributed by atoms with van der Waals surface area (Å²) in [5.41, 5.74) is 1.23. The third-order valence-electron chi connectivity index (χ3n) is 2.95. The van der Waals surface area contributed by atoms with Crippen molar-refractivity contribution in [2.24, 2.45) is 0 Å². The Kier molecular flexibility index (Phi) is 4.37. The van der Waals surface area contributed by atoms with Gasteiger partial charge in [-0.25, -0.2) is 0 Å². The van der Waals surface area contributed by atoms with E-state index >= 15 is 0 Å². The molecule has 0 aliphatic heterocycles. The molecule has 2 aromatic rings. The summed E-state index contributed by atoms with van der Waals surface area (Å²) in [7, 11) is 1.71. The average Bonchev–Trinajstić information content (AvgIpc) is 2.43. The van der Waals surface area contributed by atoms with Gasteiger partial charge in [-0.1, -0.05) is 49.4 Å². The van der Waals surface area contributed by atoms with Crippen LogP contribution in [0.25, 0.3) is 16.8 Å². The molecule has 0 atom stereocenters. The van der Waals surface area contributed by atoms with Gasteiger partial charge in [-0.2, -0.15) is 0 Å². The molecule has 94 valence electrons. The number of rotatable bonds is 5. The van der Waals surface area contributed by atoms with Crippen LogP contribution in [0.4, 0.5) is 0 Å². The first-order valence-corrected chi connectivity index (χ1v) is 6.29. The molecule has 18 heavy (non-hydrogen) atoms. The van der Waals surface area contributed by atoms with Gasteiger partial charge in [0.05, 0.1) is 7.11 Å². The Labute approximate surface area is 108 Å². The predicted molar refractivity (Wildman–Crippen MR) is 78.1 cm³/mol. The van der Waals surface area contributed by atoms with Gasteiger partial charge in [-0.15, -0.1) is 0 Å². The Bertz CT molecular complexity index is 546. The van der Waals surface area contributed by atoms with Crippen molar-refractivity contribution in [3.05, 3.63) is 48.0 Å². The molecule has 0 fully saturated rings. The molecule has 0 saturated carbocycles. The number of likely N-dealkylation sites (N-methyl/N-ethyl adjacent to an activating group) is 1. The number of benzene rings is 2. The van der Waals surface area contributed by atoms with Crippen molar-refractivity contribution < 1.29 is 4.74 Å². The van der Waals surface area contributed by atoms with E-state index in [0.29, 0.717) is 0 Å². The van der Waals surface area contributed by atoms with Crippen LogP contribution in [-0.4, -0.2) is 20.2 Å². The average molecular weight is 241 g/mol. The van der Waals surface area contributed by atoms with Crippen LogP contribution in [-0.2, 0) is 0 Å². The van der Waals surface area contributed by atoms with E-state index in [0.717, 1.165) is 24.2 Å². The van der Waals surface area contributed by atoms with Crippen LogP contribution in [0, 0.1) is 0 Å². The molecule has 2 rings (SSSR count). The Morgan fingerprint density at radius 1 is 1.11 bits per heavy atom. The third kappa shape index (κ3) is 2.71. The lowest BCUT2D eigenvalue weighted by atomic mass is 10.0. The Balaban J connectivity index is 2.37. The molecular weight excluding hydrogens is 222 g/mol. The highest BCUT2D eigenvalue weighted by Gasteiger charge is 2.03. The monoisotopic (exact) mass is 241 g/mol. The van der Waals surface area contributed by atoms with Crippen molar-refractivity contribution in [2.45, 2.75) is 6.92 Å². The van der Waals surface area contributed by atoms with E-state index in [4.69, 9.17) is 4.74 Å². The highest BCUT2D eigenvalue weighted by molar-refractivity contribution is 5.94. The van der Waals surface area contributed by atoms with Crippen molar-refractivity contribution in [3.8, 4) is 5.75 Å². The number of hydrogen-bond donors (Lipinski definition) is 1. The summed E-state index contributed by atoms with van der Waals surface area (Å²) < 4.78 is 5.39. The molecule has 0 radical (unpaired) electrons. The van der Waals surface area contributed by atoms with Gasteiger partial charge in [0.1, 0.15) is 5.75 Å². The van der Waals surface area contributed by atoms with Gasteiger partial charge in [0.25, 0.3) is 0 Å². The number of fused-ring (bicyclic) bond motifs is 1. The van der Waals surface area contributed by atoms with E-state index in [9.17, 15) is 0 Å². The van der Waals surface area contributed by atoms with Crippen molar-refractivity contribution >= 4 is 16.8 Å². The lowest BCUT2D eigenvalue weighted by molar-refractivity contribution is 0.420. The SMILES string of the molecule is CCNCC=Cc1ccc(OC)c2ccccc12. The number of nitrogens with one attached hydrogen (secondary N) is 1. The predicted octanol–water partition coefficient (Wildman–Crippen LogP) is 3.47. The van der Waals surface area contributed by atoms with Gasteiger partial charge in [0, 0.05) is 11.9 Å². The minimum Gasteiger partial charge on any atom is -0.496 e. The fraction of sp³-hybridized carbons (Fsp3) is 0.250. The minimum atomic E-state index is 0.900. The molecular formula is C16H19NO. The fourth-order valence-electron chi connectivity index (χ4n) is 2.03. The fourth-order valence-corrected chi connectivity index (χ4v) is 2.03. The van der Waals surface area contributed by atoms with Gasteiger partial charge in [-0.3, -0.25) is 0 Å². The summed E-state index contributed by atoms with van der Waals surface area (Å²) in [5.74, 6) is 0.925. The van der Waals surface area contributed by atoms with Crippen molar-refractivity contribution in [3.63, 3.8) is 0 Å². The maximum Gasteiger partial charge on any atom is 0.126 e. The lowest BCUT2D eigenvalue weighted by Crippen LogP contribution is -2.11. The van der Waals surface area contributed by atoms with E-state index in [1.54, 1.807) is 7.11 Å². The van der Waals surface area contributed by atoms with Gasteiger partial charge in [-0.05, 0) is 23.6 Å². The van der Waals surface area contributed by atoms with Gasteiger partial charge >= 0.3 is 0 Å². The summed E-state index contributed by atoms with van der Waals surface area (Å²) in [4.78, 5) is 0. The molecule has 1 N–H and O–H groups in total. The molecule has 0 aliphatic carbocycles. The zero-order chi connectivity index (χ0) is 12.8. The van der Waals surface area contributed by atoms with E-state index in [-0.39, 0.29) is 0 Å². The van der Waals surface area contributed by atoms with E-state index in [1.807, 2.05) is 12.1 Å². The Hall–Kier alpha value is -1.80. The molecule has 0 bridgehead atoms. The van der Waals surface area contributed by atoms with Crippen LogP contribution in [0.3, 0.4) is 0 Å². The van der Waals surface area contributed by atoms with Gasteiger partial charge < -0.3 is 10.1 Å². The second-order valence-corrected chi connectivity index (χ2v) is 4.11. The summed E-state index contributed by atoms with van der Waals surface area (Å²) >= 11 is 0. The summed E-state index contributed by atoms with van der Waals surface area (Å²) in [6, 6.07) is 12.4. The number of methoxy groups -OCH3 is 1. The van der Waals surface area contributed by atoms with Crippen LogP contribution in [0.15, 0.2) is 42.5 Å². The quantitative estimate of drug-likeness (QED) is 0.809. The molecule has 2 aromatic carbocycles. The van der Waals surface area contributed by atoms with Crippen molar-refractivity contribution in [1.29, 1.82) is 0 Å². The van der Waals surface area contributed by atoms with Gasteiger partial charge in [0.15, 0.2) is 0 Å². The summed E-state index contributed by atoms with van der Waals surface area (Å²) in [5, 5.41) is 5.66. The number of hydrogen-bond acceptors (Lipinski definition) is 2. The Morgan fingerprint density at radius 2 is 1.89 bits per heavy atom. The normalized spacial score (nSPS) is 11.2. The van der Waals surface area contributed by atoms with Crippen LogP contribution in [0.2, 0.25) is 0 Å². The van der Waals surface area contributed by atoms with Crippen molar-refractivity contribution in [1.82, 2.24) is 5.32 Å². The van der Waals surface area contributed by atoms with Crippen LogP contribution >= 0.6 is 0 Å². The zero-order valence-corrected chi connectivity index (χ0v) is 10.9. The first-order chi connectivity index (χ1) is 8.86. The minimum absolute atomic E-state index is 0.900. The van der Waals surface area contributed by atoms with Gasteiger partial charge in [0.2, 0.25) is 0 Å².